The van der Waals surface area contributed by atoms with E-state index in [9.17, 15) is 0 Å². The predicted molar refractivity (Wildman–Crippen MR) is 74.4 cm³/mol. The van der Waals surface area contributed by atoms with E-state index in [2.05, 4.69) is 50.1 Å². The molecule has 0 aliphatic carbocycles. The topological polar surface area (TPSA) is 3.24 Å². The van der Waals surface area contributed by atoms with Crippen molar-refractivity contribution in [3.63, 3.8) is 0 Å². The molecule has 1 unspecified atom stereocenters. The van der Waals surface area contributed by atoms with Crippen molar-refractivity contribution in [1.29, 1.82) is 0 Å². The molecule has 17 heavy (non-hydrogen) atoms. The third kappa shape index (κ3) is 3.10. The average molecular weight is 231 g/mol. The lowest BCUT2D eigenvalue weighted by atomic mass is 9.78. The maximum atomic E-state index is 2.46. The van der Waals surface area contributed by atoms with Gasteiger partial charge in [0.05, 0.1) is 0 Å². The molecule has 1 aliphatic heterocycles. The number of likely N-dealkylation sites (tertiary alicyclic amines) is 1. The second kappa shape index (κ2) is 5.68. The normalized spacial score (nSPS) is 20.4. The van der Waals surface area contributed by atoms with E-state index >= 15 is 0 Å². The highest BCUT2D eigenvalue weighted by atomic mass is 15.1. The molecule has 0 saturated carbocycles. The van der Waals surface area contributed by atoms with Crippen molar-refractivity contribution in [2.75, 3.05) is 20.1 Å². The van der Waals surface area contributed by atoms with Gasteiger partial charge in [-0.3, -0.25) is 0 Å². The summed E-state index contributed by atoms with van der Waals surface area (Å²) in [5.74, 6) is 1.66. The number of rotatable bonds is 3. The largest absolute Gasteiger partial charge is 0.306 e. The van der Waals surface area contributed by atoms with Crippen LogP contribution in [0, 0.1) is 12.8 Å². The number of aryl methyl sites for hydroxylation is 1. The summed E-state index contributed by atoms with van der Waals surface area (Å²) < 4.78 is 0. The molecule has 0 bridgehead atoms. The number of hydrogen-bond donors (Lipinski definition) is 0. The standard InChI is InChI=1S/C16H25N/c1-4-16(14-7-5-13(2)6-8-14)15-9-11-17(3)12-10-15/h5-8,15-16H,4,9-12H2,1-3H3. The van der Waals surface area contributed by atoms with Crippen molar-refractivity contribution in [3.8, 4) is 0 Å². The lowest BCUT2D eigenvalue weighted by Gasteiger charge is -2.34. The van der Waals surface area contributed by atoms with Crippen LogP contribution in [0.15, 0.2) is 24.3 Å². The van der Waals surface area contributed by atoms with Gasteiger partial charge in [0.2, 0.25) is 0 Å². The minimum atomic E-state index is 0.768. The van der Waals surface area contributed by atoms with Crippen molar-refractivity contribution < 1.29 is 0 Å². The summed E-state index contributed by atoms with van der Waals surface area (Å²) in [5, 5.41) is 0. The van der Waals surface area contributed by atoms with Crippen LogP contribution in [-0.2, 0) is 0 Å². The fraction of sp³-hybridized carbons (Fsp3) is 0.625. The summed E-state index contributed by atoms with van der Waals surface area (Å²) in [5.41, 5.74) is 2.92. The van der Waals surface area contributed by atoms with Crippen molar-refractivity contribution in [2.45, 2.75) is 39.0 Å². The maximum Gasteiger partial charge on any atom is -0.00189 e. The van der Waals surface area contributed by atoms with Crippen LogP contribution in [0.2, 0.25) is 0 Å². The van der Waals surface area contributed by atoms with E-state index in [-0.39, 0.29) is 0 Å². The molecule has 0 aromatic heterocycles. The average Bonchev–Trinajstić information content (AvgIpc) is 2.35. The zero-order valence-electron chi connectivity index (χ0n) is 11.4. The van der Waals surface area contributed by atoms with Gasteiger partial charge in [-0.05, 0) is 63.7 Å². The summed E-state index contributed by atoms with van der Waals surface area (Å²) in [6, 6.07) is 9.18. The van der Waals surface area contributed by atoms with E-state index < -0.39 is 0 Å². The van der Waals surface area contributed by atoms with Crippen LogP contribution < -0.4 is 0 Å². The third-order valence-electron chi connectivity index (χ3n) is 4.28. The predicted octanol–water partition coefficient (Wildman–Crippen LogP) is 3.83. The van der Waals surface area contributed by atoms with Gasteiger partial charge in [-0.1, -0.05) is 36.8 Å². The van der Waals surface area contributed by atoms with Gasteiger partial charge in [0, 0.05) is 0 Å². The molecule has 0 radical (unpaired) electrons. The molecule has 0 amide bonds. The molecule has 0 N–H and O–H groups in total. The highest BCUT2D eigenvalue weighted by Gasteiger charge is 2.25. The molecule has 1 aromatic carbocycles. The number of benzene rings is 1. The van der Waals surface area contributed by atoms with E-state index in [1.54, 1.807) is 5.56 Å². The van der Waals surface area contributed by atoms with E-state index in [1.807, 2.05) is 0 Å². The smallest absolute Gasteiger partial charge is 0.00189 e. The molecule has 2 rings (SSSR count). The highest BCUT2D eigenvalue weighted by molar-refractivity contribution is 5.25. The summed E-state index contributed by atoms with van der Waals surface area (Å²) >= 11 is 0. The molecular formula is C16H25N. The van der Waals surface area contributed by atoms with Gasteiger partial charge in [-0.2, -0.15) is 0 Å². The minimum absolute atomic E-state index is 0.768. The molecule has 1 heterocycles. The van der Waals surface area contributed by atoms with Crippen LogP contribution in [0.4, 0.5) is 0 Å². The van der Waals surface area contributed by atoms with Gasteiger partial charge >= 0.3 is 0 Å². The Kier molecular flexibility index (Phi) is 4.22. The Morgan fingerprint density at radius 2 is 1.76 bits per heavy atom. The Balaban J connectivity index is 2.08. The molecule has 1 aliphatic rings. The SMILES string of the molecule is CCC(c1ccc(C)cc1)C1CCN(C)CC1. The minimum Gasteiger partial charge on any atom is -0.306 e. The highest BCUT2D eigenvalue weighted by Crippen LogP contribution is 2.34. The van der Waals surface area contributed by atoms with Crippen molar-refractivity contribution in [1.82, 2.24) is 4.90 Å². The van der Waals surface area contributed by atoms with E-state index in [1.165, 1.54) is 37.9 Å². The summed E-state index contributed by atoms with van der Waals surface area (Å²) in [6.07, 6.45) is 4.00. The monoisotopic (exact) mass is 231 g/mol. The van der Waals surface area contributed by atoms with Crippen LogP contribution in [0.1, 0.15) is 43.2 Å². The Hall–Kier alpha value is -0.820. The first-order valence-corrected chi connectivity index (χ1v) is 6.95. The van der Waals surface area contributed by atoms with Gasteiger partial charge in [0.25, 0.3) is 0 Å². The first-order chi connectivity index (χ1) is 8.20. The zero-order valence-corrected chi connectivity index (χ0v) is 11.4. The second-order valence-electron chi connectivity index (χ2n) is 5.57. The van der Waals surface area contributed by atoms with E-state index in [0.717, 1.165) is 11.8 Å². The number of nitrogens with zero attached hydrogens (tertiary/aromatic N) is 1. The van der Waals surface area contributed by atoms with E-state index in [0.29, 0.717) is 0 Å². The molecular weight excluding hydrogens is 206 g/mol. The van der Waals surface area contributed by atoms with Crippen LogP contribution in [0.5, 0.6) is 0 Å². The van der Waals surface area contributed by atoms with Crippen molar-refractivity contribution in [3.05, 3.63) is 35.4 Å². The molecule has 1 saturated heterocycles. The van der Waals surface area contributed by atoms with Gasteiger partial charge < -0.3 is 4.90 Å². The summed E-state index contributed by atoms with van der Waals surface area (Å²) in [6.45, 7) is 7.04. The number of piperidine rings is 1. The first-order valence-electron chi connectivity index (χ1n) is 6.95. The summed E-state index contributed by atoms with van der Waals surface area (Å²) in [7, 11) is 2.24. The van der Waals surface area contributed by atoms with Crippen LogP contribution in [0.3, 0.4) is 0 Å². The zero-order chi connectivity index (χ0) is 12.3. The van der Waals surface area contributed by atoms with Crippen LogP contribution >= 0.6 is 0 Å². The van der Waals surface area contributed by atoms with Crippen LogP contribution in [-0.4, -0.2) is 25.0 Å². The molecule has 1 fully saturated rings. The maximum absolute atomic E-state index is 2.46. The van der Waals surface area contributed by atoms with Gasteiger partial charge in [-0.25, -0.2) is 0 Å². The fourth-order valence-corrected chi connectivity index (χ4v) is 3.09. The Labute approximate surface area is 106 Å². The first kappa shape index (κ1) is 12.6. The lowest BCUT2D eigenvalue weighted by molar-refractivity contribution is 0.196. The molecule has 1 nitrogen and oxygen atoms in total. The van der Waals surface area contributed by atoms with Gasteiger partial charge in [0.1, 0.15) is 0 Å². The lowest BCUT2D eigenvalue weighted by Crippen LogP contribution is -2.32. The van der Waals surface area contributed by atoms with Crippen molar-refractivity contribution >= 4 is 0 Å². The van der Waals surface area contributed by atoms with E-state index in [4.69, 9.17) is 0 Å². The Bertz CT molecular complexity index is 333. The van der Waals surface area contributed by atoms with Crippen LogP contribution in [0.25, 0.3) is 0 Å². The Morgan fingerprint density at radius 3 is 2.29 bits per heavy atom. The quantitative estimate of drug-likeness (QED) is 0.764. The second-order valence-corrected chi connectivity index (χ2v) is 5.57. The van der Waals surface area contributed by atoms with Gasteiger partial charge in [0.15, 0.2) is 0 Å². The Morgan fingerprint density at radius 1 is 1.18 bits per heavy atom. The molecule has 1 aromatic rings. The molecule has 1 atom stereocenters. The fourth-order valence-electron chi connectivity index (χ4n) is 3.09. The number of hydrogen-bond acceptors (Lipinski definition) is 1. The molecule has 0 spiro atoms. The third-order valence-corrected chi connectivity index (χ3v) is 4.28. The molecule has 94 valence electrons. The van der Waals surface area contributed by atoms with Crippen molar-refractivity contribution in [2.24, 2.45) is 5.92 Å². The van der Waals surface area contributed by atoms with Gasteiger partial charge in [-0.15, -0.1) is 0 Å². The molecule has 1 heteroatoms. The summed E-state index contributed by atoms with van der Waals surface area (Å²) in [4.78, 5) is 2.46.